The number of nitrogens with zero attached hydrogens (tertiary/aromatic N) is 5. The molecule has 2 N–H and O–H groups in total. The minimum Gasteiger partial charge on any atom is -0.321 e. The lowest BCUT2D eigenvalue weighted by Crippen LogP contribution is -2.15. The number of hydrogen-bond donors (Lipinski definition) is 2. The highest BCUT2D eigenvalue weighted by molar-refractivity contribution is 6.03. The highest BCUT2D eigenvalue weighted by Crippen LogP contribution is 2.31. The summed E-state index contributed by atoms with van der Waals surface area (Å²) >= 11 is 0. The lowest BCUT2D eigenvalue weighted by atomic mass is 9.99. The van der Waals surface area contributed by atoms with Crippen LogP contribution in [0, 0.1) is 12.8 Å². The largest absolute Gasteiger partial charge is 0.321 e. The van der Waals surface area contributed by atoms with Gasteiger partial charge in [0.25, 0.3) is 5.91 Å². The molecule has 0 bridgehead atoms. The van der Waals surface area contributed by atoms with E-state index in [-0.39, 0.29) is 29.3 Å². The van der Waals surface area contributed by atoms with Crippen molar-refractivity contribution in [3.63, 3.8) is 0 Å². The summed E-state index contributed by atoms with van der Waals surface area (Å²) in [6.45, 7) is 6.08. The van der Waals surface area contributed by atoms with Gasteiger partial charge in [0, 0.05) is 41.2 Å². The molecule has 3 heterocycles. The van der Waals surface area contributed by atoms with Gasteiger partial charge >= 0.3 is 0 Å². The van der Waals surface area contributed by atoms with Crippen LogP contribution in [-0.2, 0) is 4.79 Å². The molecule has 1 fully saturated rings. The number of aromatic nitrogens is 5. The summed E-state index contributed by atoms with van der Waals surface area (Å²) < 4.78 is 0. The molecule has 1 aliphatic carbocycles. The van der Waals surface area contributed by atoms with Crippen LogP contribution in [0.25, 0.3) is 22.4 Å². The Morgan fingerprint density at radius 2 is 1.76 bits per heavy atom. The Balaban J connectivity index is 1.39. The van der Waals surface area contributed by atoms with E-state index in [2.05, 4.69) is 35.8 Å². The summed E-state index contributed by atoms with van der Waals surface area (Å²) in [5.74, 6) is 0.475. The van der Waals surface area contributed by atoms with E-state index in [1.54, 1.807) is 30.7 Å². The fourth-order valence-electron chi connectivity index (χ4n) is 3.90. The maximum atomic E-state index is 12.8. The maximum Gasteiger partial charge on any atom is 0.276 e. The van der Waals surface area contributed by atoms with Gasteiger partial charge in [-0.2, -0.15) is 5.10 Å². The highest BCUT2D eigenvalue weighted by atomic mass is 16.2. The van der Waals surface area contributed by atoms with Gasteiger partial charge in [0.05, 0.1) is 11.9 Å². The molecule has 5 rings (SSSR count). The van der Waals surface area contributed by atoms with E-state index in [0.29, 0.717) is 17.2 Å². The number of aryl methyl sites for hydroxylation is 1. The van der Waals surface area contributed by atoms with Gasteiger partial charge in [0.15, 0.2) is 5.69 Å². The Morgan fingerprint density at radius 3 is 2.54 bits per heavy atom. The van der Waals surface area contributed by atoms with E-state index in [0.717, 1.165) is 40.7 Å². The zero-order valence-corrected chi connectivity index (χ0v) is 20.9. The van der Waals surface area contributed by atoms with Gasteiger partial charge in [0.1, 0.15) is 12.1 Å². The molecule has 2 amide bonds. The van der Waals surface area contributed by atoms with Crippen molar-refractivity contribution < 1.29 is 9.59 Å². The van der Waals surface area contributed by atoms with Gasteiger partial charge in [0.2, 0.25) is 5.91 Å². The molecule has 0 unspecified atom stereocenters. The van der Waals surface area contributed by atoms with Crippen LogP contribution >= 0.6 is 0 Å². The van der Waals surface area contributed by atoms with Crippen molar-refractivity contribution in [3.05, 3.63) is 78.1 Å². The molecule has 3 aromatic heterocycles. The Labute approximate surface area is 214 Å². The lowest BCUT2D eigenvalue weighted by Gasteiger charge is -2.12. The van der Waals surface area contributed by atoms with Crippen molar-refractivity contribution in [2.24, 2.45) is 5.92 Å². The monoisotopic (exact) mass is 493 g/mol. The third-order valence-corrected chi connectivity index (χ3v) is 6.28. The van der Waals surface area contributed by atoms with Crippen molar-refractivity contribution in [2.45, 2.75) is 39.5 Å². The number of pyridine rings is 1. The molecule has 186 valence electrons. The van der Waals surface area contributed by atoms with Crippen LogP contribution in [0.1, 0.15) is 54.2 Å². The number of anilines is 2. The van der Waals surface area contributed by atoms with Crippen molar-refractivity contribution in [1.29, 1.82) is 0 Å². The predicted octanol–water partition coefficient (Wildman–Crippen LogP) is 5.03. The molecule has 1 aliphatic rings. The summed E-state index contributed by atoms with van der Waals surface area (Å²) in [4.78, 5) is 37.9. The van der Waals surface area contributed by atoms with Crippen LogP contribution in [-0.4, -0.2) is 37.0 Å². The average Bonchev–Trinajstić information content (AvgIpc) is 3.76. The molecule has 0 aliphatic heterocycles. The van der Waals surface area contributed by atoms with Crippen molar-refractivity contribution >= 4 is 23.3 Å². The average molecular weight is 494 g/mol. The van der Waals surface area contributed by atoms with Gasteiger partial charge in [-0.3, -0.25) is 14.6 Å². The third-order valence-electron chi connectivity index (χ3n) is 6.28. The van der Waals surface area contributed by atoms with Crippen LogP contribution in [0.4, 0.5) is 11.5 Å². The first-order valence-corrected chi connectivity index (χ1v) is 12.2. The standard InChI is InChI=1S/C28H27N7O2/c1-16(2)19-9-25(35-32-14-19)28(37)33-22-7-4-17(3)23(10-22)20-8-21(13-29-12-20)24-11-26(31-15-30-24)34-27(36)18-5-6-18/h4,7-16,18H,5-6H2,1-3H3,(H,33,37)(H,30,31,34,36). The molecule has 9 heteroatoms. The number of amides is 2. The number of carbonyl (C=O) groups excluding carboxylic acids is 2. The Morgan fingerprint density at radius 1 is 0.946 bits per heavy atom. The number of rotatable bonds is 7. The van der Waals surface area contributed by atoms with E-state index >= 15 is 0 Å². The van der Waals surface area contributed by atoms with E-state index in [1.165, 1.54) is 6.33 Å². The van der Waals surface area contributed by atoms with Crippen LogP contribution in [0.15, 0.2) is 61.3 Å². The predicted molar refractivity (Wildman–Crippen MR) is 141 cm³/mol. The van der Waals surface area contributed by atoms with Crippen LogP contribution < -0.4 is 10.6 Å². The summed E-state index contributed by atoms with van der Waals surface area (Å²) in [7, 11) is 0. The second kappa shape index (κ2) is 10.2. The van der Waals surface area contributed by atoms with Gasteiger partial charge in [-0.1, -0.05) is 19.9 Å². The van der Waals surface area contributed by atoms with E-state index in [4.69, 9.17) is 0 Å². The lowest BCUT2D eigenvalue weighted by molar-refractivity contribution is -0.117. The normalized spacial score (nSPS) is 12.9. The first-order valence-electron chi connectivity index (χ1n) is 12.2. The number of benzene rings is 1. The Hall–Kier alpha value is -4.53. The van der Waals surface area contributed by atoms with Crippen molar-refractivity contribution in [1.82, 2.24) is 25.1 Å². The van der Waals surface area contributed by atoms with Crippen LogP contribution in [0.3, 0.4) is 0 Å². The molecular weight excluding hydrogens is 466 g/mol. The first-order chi connectivity index (χ1) is 17.9. The van der Waals surface area contributed by atoms with E-state index < -0.39 is 0 Å². The molecule has 0 spiro atoms. The topological polar surface area (TPSA) is 123 Å². The number of carbonyl (C=O) groups is 2. The van der Waals surface area contributed by atoms with Crippen LogP contribution in [0.2, 0.25) is 0 Å². The van der Waals surface area contributed by atoms with Crippen molar-refractivity contribution in [3.8, 4) is 22.4 Å². The zero-order valence-electron chi connectivity index (χ0n) is 20.9. The van der Waals surface area contributed by atoms with Crippen LogP contribution in [0.5, 0.6) is 0 Å². The summed E-state index contributed by atoms with van der Waals surface area (Å²) in [5.41, 5.74) is 6.12. The number of hydrogen-bond acceptors (Lipinski definition) is 7. The van der Waals surface area contributed by atoms with E-state index in [1.807, 2.05) is 45.0 Å². The summed E-state index contributed by atoms with van der Waals surface area (Å²) in [5, 5.41) is 13.7. The molecule has 9 nitrogen and oxygen atoms in total. The van der Waals surface area contributed by atoms with Gasteiger partial charge < -0.3 is 10.6 Å². The smallest absolute Gasteiger partial charge is 0.276 e. The van der Waals surface area contributed by atoms with Crippen molar-refractivity contribution in [2.75, 3.05) is 10.6 Å². The minimum atomic E-state index is -0.321. The third kappa shape index (κ3) is 5.66. The fourth-order valence-corrected chi connectivity index (χ4v) is 3.90. The highest BCUT2D eigenvalue weighted by Gasteiger charge is 2.29. The molecular formula is C28H27N7O2. The van der Waals surface area contributed by atoms with Gasteiger partial charge in [-0.25, -0.2) is 9.97 Å². The summed E-state index contributed by atoms with van der Waals surface area (Å²) in [6.07, 6.45) is 8.44. The molecule has 37 heavy (non-hydrogen) atoms. The fraction of sp³-hybridized carbons (Fsp3) is 0.250. The summed E-state index contributed by atoms with van der Waals surface area (Å²) in [6, 6.07) is 11.2. The molecule has 0 atom stereocenters. The number of nitrogens with one attached hydrogen (secondary N) is 2. The quantitative estimate of drug-likeness (QED) is 0.370. The molecule has 0 radical (unpaired) electrons. The molecule has 1 saturated carbocycles. The maximum absolute atomic E-state index is 12.8. The SMILES string of the molecule is Cc1ccc(NC(=O)c2cc(C(C)C)cnn2)cc1-c1cncc(-c2cc(NC(=O)C3CC3)ncn2)c1. The molecule has 4 aromatic rings. The molecule has 1 aromatic carbocycles. The second-order valence-electron chi connectivity index (χ2n) is 9.53. The van der Waals surface area contributed by atoms with E-state index in [9.17, 15) is 9.59 Å². The Kier molecular flexibility index (Phi) is 6.68. The van der Waals surface area contributed by atoms with Gasteiger partial charge in [-0.05, 0) is 66.6 Å². The second-order valence-corrected chi connectivity index (χ2v) is 9.53. The zero-order chi connectivity index (χ0) is 25.9. The Bertz CT molecular complexity index is 1480. The molecule has 0 saturated heterocycles. The minimum absolute atomic E-state index is 0.00655. The first kappa shape index (κ1) is 24.2. The van der Waals surface area contributed by atoms with Gasteiger partial charge in [-0.15, -0.1) is 5.10 Å².